The molecule has 0 aliphatic carbocycles. The number of Topliss-reactive ketones (excluding diaryl/α,β-unsaturated/α-hetero) is 1. The Morgan fingerprint density at radius 3 is 2.69 bits per heavy atom. The van der Waals surface area contributed by atoms with Crippen molar-refractivity contribution in [3.8, 4) is 11.5 Å². The molecule has 0 aromatic heterocycles. The van der Waals surface area contributed by atoms with E-state index in [2.05, 4.69) is 0 Å². The highest BCUT2D eigenvalue weighted by molar-refractivity contribution is 5.75. The number of aryl methyl sites for hydroxylation is 1. The lowest BCUT2D eigenvalue weighted by Gasteiger charge is -2.07. The van der Waals surface area contributed by atoms with E-state index in [1.807, 2.05) is 6.92 Å². The Hall–Kier alpha value is -1.64. The number of ketones is 1. The third kappa shape index (κ3) is 4.26. The maximum Gasteiger partial charge on any atom is 0.161 e. The van der Waals surface area contributed by atoms with Gasteiger partial charge in [-0.15, -0.1) is 0 Å². The average Bonchev–Trinajstić information content (AvgIpc) is 2.19. The van der Waals surface area contributed by atoms with Crippen molar-refractivity contribution in [2.24, 2.45) is 0 Å². The predicted molar refractivity (Wildman–Crippen MR) is 64.7 cm³/mol. The van der Waals surface area contributed by atoms with Gasteiger partial charge in [0.15, 0.2) is 11.5 Å². The van der Waals surface area contributed by atoms with Crippen LogP contribution in [0.4, 0.5) is 0 Å². The summed E-state index contributed by atoms with van der Waals surface area (Å²) in [5.41, 5.74) is 1.01. The van der Waals surface area contributed by atoms with Gasteiger partial charge in [0.1, 0.15) is 5.78 Å². The zero-order chi connectivity index (χ0) is 11.3. The Labute approximate surface area is 97.1 Å². The highest BCUT2D eigenvalue weighted by Gasteiger charge is 2.04. The van der Waals surface area contributed by atoms with Crippen molar-refractivity contribution in [3.63, 3.8) is 0 Å². The molecule has 1 aromatic carbocycles. The van der Waals surface area contributed by atoms with E-state index in [0.29, 0.717) is 25.2 Å². The van der Waals surface area contributed by atoms with Gasteiger partial charge in [0, 0.05) is 13.8 Å². The van der Waals surface area contributed by atoms with Crippen molar-refractivity contribution < 1.29 is 14.6 Å². The summed E-state index contributed by atoms with van der Waals surface area (Å²) in [6, 6.07) is 5.18. The molecule has 0 spiro atoms. The lowest BCUT2D eigenvalue weighted by molar-refractivity contribution is -0.116. The summed E-state index contributed by atoms with van der Waals surface area (Å²) in [6.45, 7) is 3.95. The number of carbonyl (C=O) groups excluding carboxylic acids is 1. The molecule has 0 unspecified atom stereocenters. The van der Waals surface area contributed by atoms with Crippen LogP contribution in [0.5, 0.6) is 11.5 Å². The summed E-state index contributed by atoms with van der Waals surface area (Å²) in [7, 11) is 0. The topological polar surface area (TPSA) is 46.5 Å². The minimum absolute atomic E-state index is 0. The lowest BCUT2D eigenvalue weighted by atomic mass is 10.1. The molecule has 0 saturated heterocycles. The quantitative estimate of drug-likeness (QED) is 0.781. The van der Waals surface area contributed by atoms with Gasteiger partial charge < -0.3 is 14.6 Å². The molecule has 0 saturated carbocycles. The van der Waals surface area contributed by atoms with E-state index in [0.717, 1.165) is 5.56 Å². The molecule has 0 bridgehead atoms. The van der Waals surface area contributed by atoms with Gasteiger partial charge in [-0.2, -0.15) is 0 Å². The number of ether oxygens (including phenoxy) is 1. The van der Waals surface area contributed by atoms with Crippen LogP contribution in [0.1, 0.15) is 25.8 Å². The number of phenolic OH excluding ortho intramolecular Hbond substituents is 1. The minimum Gasteiger partial charge on any atom is -0.504 e. The molecule has 1 rings (SSSR count). The van der Waals surface area contributed by atoms with Gasteiger partial charge in [0.2, 0.25) is 0 Å². The molecule has 16 heavy (non-hydrogen) atoms. The Morgan fingerprint density at radius 2 is 2.12 bits per heavy atom. The maximum absolute atomic E-state index is 10.8. The second-order valence-corrected chi connectivity index (χ2v) is 3.44. The molecule has 0 fully saturated rings. The SMILES string of the molecule is CCOc1cc(CCC(C)=O)ccc1O.[CH3+]. The van der Waals surface area contributed by atoms with E-state index < -0.39 is 0 Å². The molecule has 1 N–H and O–H groups in total. The van der Waals surface area contributed by atoms with Crippen LogP contribution in [0, 0.1) is 7.43 Å². The van der Waals surface area contributed by atoms with Crippen LogP contribution in [-0.2, 0) is 11.2 Å². The third-order valence-corrected chi connectivity index (χ3v) is 2.09. The molecule has 0 heterocycles. The number of aromatic hydroxyl groups is 1. The largest absolute Gasteiger partial charge is 0.504 e. The Kier molecular flexibility index (Phi) is 6.08. The minimum atomic E-state index is 0. The predicted octanol–water partition coefficient (Wildman–Crippen LogP) is 2.76. The monoisotopic (exact) mass is 223 g/mol. The first kappa shape index (κ1) is 14.4. The van der Waals surface area contributed by atoms with Crippen molar-refractivity contribution in [1.82, 2.24) is 0 Å². The van der Waals surface area contributed by atoms with E-state index in [-0.39, 0.29) is 19.0 Å². The number of hydrogen-bond acceptors (Lipinski definition) is 3. The molecule has 1 aromatic rings. The summed E-state index contributed by atoms with van der Waals surface area (Å²) < 4.78 is 5.25. The molecule has 3 nitrogen and oxygen atoms in total. The molecule has 0 radical (unpaired) electrons. The number of hydrogen-bond donors (Lipinski definition) is 1. The van der Waals surface area contributed by atoms with Crippen molar-refractivity contribution in [2.75, 3.05) is 6.61 Å². The Balaban J connectivity index is 0.00000225. The van der Waals surface area contributed by atoms with E-state index in [9.17, 15) is 9.90 Å². The Morgan fingerprint density at radius 1 is 1.44 bits per heavy atom. The van der Waals surface area contributed by atoms with Gasteiger partial charge in [0.25, 0.3) is 0 Å². The summed E-state index contributed by atoms with van der Waals surface area (Å²) in [4.78, 5) is 10.8. The summed E-state index contributed by atoms with van der Waals surface area (Å²) in [5, 5.41) is 9.45. The highest BCUT2D eigenvalue weighted by Crippen LogP contribution is 2.27. The van der Waals surface area contributed by atoms with Crippen LogP contribution >= 0.6 is 0 Å². The molecule has 0 aliphatic rings. The van der Waals surface area contributed by atoms with Crippen LogP contribution in [0.3, 0.4) is 0 Å². The smallest absolute Gasteiger partial charge is 0.161 e. The molecule has 3 heteroatoms. The average molecular weight is 223 g/mol. The zero-order valence-corrected chi connectivity index (χ0v) is 10.1. The Bertz CT molecular complexity index is 345. The fourth-order valence-corrected chi connectivity index (χ4v) is 1.31. The van der Waals surface area contributed by atoms with Crippen LogP contribution in [0.25, 0.3) is 0 Å². The van der Waals surface area contributed by atoms with Crippen molar-refractivity contribution in [3.05, 3.63) is 31.2 Å². The van der Waals surface area contributed by atoms with Crippen LogP contribution in [0.15, 0.2) is 18.2 Å². The number of phenols is 1. The van der Waals surface area contributed by atoms with Crippen LogP contribution < -0.4 is 4.74 Å². The molecule has 0 aliphatic heterocycles. The summed E-state index contributed by atoms with van der Waals surface area (Å²) in [5.74, 6) is 0.794. The second kappa shape index (κ2) is 6.77. The van der Waals surface area contributed by atoms with Crippen LogP contribution in [0.2, 0.25) is 0 Å². The van der Waals surface area contributed by atoms with E-state index in [1.54, 1.807) is 25.1 Å². The van der Waals surface area contributed by atoms with Gasteiger partial charge in [-0.3, -0.25) is 0 Å². The number of rotatable bonds is 5. The maximum atomic E-state index is 10.8. The lowest BCUT2D eigenvalue weighted by Crippen LogP contribution is -1.96. The van der Waals surface area contributed by atoms with Gasteiger partial charge >= 0.3 is 0 Å². The van der Waals surface area contributed by atoms with E-state index in [1.165, 1.54) is 0 Å². The standard InChI is InChI=1S/C12H16O3.CH3/c1-3-15-12-8-10(5-4-9(2)13)6-7-11(12)14;/h6-8,14H,3-5H2,1-2H3;1H3/q;+1. The first-order chi connectivity index (χ1) is 7.13. The second-order valence-electron chi connectivity index (χ2n) is 3.44. The molecule has 88 valence electrons. The van der Waals surface area contributed by atoms with E-state index >= 15 is 0 Å². The summed E-state index contributed by atoms with van der Waals surface area (Å²) >= 11 is 0. The molecular formula is C13H19O3+. The van der Waals surface area contributed by atoms with E-state index in [4.69, 9.17) is 4.74 Å². The molecular weight excluding hydrogens is 204 g/mol. The first-order valence-electron chi connectivity index (χ1n) is 5.07. The van der Waals surface area contributed by atoms with Gasteiger partial charge in [-0.1, -0.05) is 6.07 Å². The van der Waals surface area contributed by atoms with Crippen LogP contribution in [-0.4, -0.2) is 17.5 Å². The van der Waals surface area contributed by atoms with Gasteiger partial charge in [0.05, 0.1) is 6.61 Å². The zero-order valence-electron chi connectivity index (χ0n) is 10.1. The van der Waals surface area contributed by atoms with Crippen molar-refractivity contribution in [1.29, 1.82) is 0 Å². The fraction of sp³-hybridized carbons (Fsp3) is 0.385. The molecule has 0 amide bonds. The van der Waals surface area contributed by atoms with Gasteiger partial charge in [-0.05, 0) is 38.0 Å². The molecule has 0 atom stereocenters. The normalized spacial score (nSPS) is 9.38. The first-order valence-corrected chi connectivity index (χ1v) is 5.07. The van der Waals surface area contributed by atoms with Gasteiger partial charge in [-0.25, -0.2) is 0 Å². The summed E-state index contributed by atoms with van der Waals surface area (Å²) in [6.07, 6.45) is 1.21. The number of benzene rings is 1. The third-order valence-electron chi connectivity index (χ3n) is 2.09. The van der Waals surface area contributed by atoms with Crippen molar-refractivity contribution >= 4 is 5.78 Å². The van der Waals surface area contributed by atoms with Crippen molar-refractivity contribution in [2.45, 2.75) is 26.7 Å². The number of carbonyl (C=O) groups is 1. The fourth-order valence-electron chi connectivity index (χ4n) is 1.31. The highest BCUT2D eigenvalue weighted by atomic mass is 16.5.